The standard InChI is InChI=1S/C7H17NO4S/c1-6(2)12-7(5-9)4-8-13(3,10)11/h6-9H,4-5H2,1-3H3/t7-/m0/s1. The lowest BCUT2D eigenvalue weighted by Gasteiger charge is -2.17. The Labute approximate surface area is 79.1 Å². The van der Waals surface area contributed by atoms with Gasteiger partial charge in [0, 0.05) is 6.54 Å². The second kappa shape index (κ2) is 5.54. The maximum absolute atomic E-state index is 10.7. The number of rotatable bonds is 6. The van der Waals surface area contributed by atoms with Crippen molar-refractivity contribution >= 4 is 10.0 Å². The highest BCUT2D eigenvalue weighted by Crippen LogP contribution is 1.96. The summed E-state index contributed by atoms with van der Waals surface area (Å²) >= 11 is 0. The summed E-state index contributed by atoms with van der Waals surface area (Å²) in [6.45, 7) is 3.56. The molecule has 2 N–H and O–H groups in total. The summed E-state index contributed by atoms with van der Waals surface area (Å²) < 4.78 is 28.9. The molecule has 0 aromatic rings. The molecule has 0 bridgehead atoms. The predicted octanol–water partition coefficient (Wildman–Crippen LogP) is -0.678. The van der Waals surface area contributed by atoms with E-state index < -0.39 is 16.1 Å². The molecule has 5 nitrogen and oxygen atoms in total. The van der Waals surface area contributed by atoms with Crippen molar-refractivity contribution in [3.05, 3.63) is 0 Å². The van der Waals surface area contributed by atoms with Crippen molar-refractivity contribution < 1.29 is 18.3 Å². The molecular formula is C7H17NO4S. The molecule has 1 atom stereocenters. The SMILES string of the molecule is CC(C)O[C@H](CO)CNS(C)(=O)=O. The monoisotopic (exact) mass is 211 g/mol. The van der Waals surface area contributed by atoms with Crippen molar-refractivity contribution in [1.82, 2.24) is 4.72 Å². The van der Waals surface area contributed by atoms with E-state index in [1.165, 1.54) is 0 Å². The van der Waals surface area contributed by atoms with Crippen molar-refractivity contribution in [2.24, 2.45) is 0 Å². The number of ether oxygens (including phenoxy) is 1. The Morgan fingerprint density at radius 1 is 1.46 bits per heavy atom. The van der Waals surface area contributed by atoms with E-state index in [-0.39, 0.29) is 19.3 Å². The third-order valence-corrected chi connectivity index (χ3v) is 1.93. The van der Waals surface area contributed by atoms with Gasteiger partial charge in [-0.1, -0.05) is 0 Å². The first kappa shape index (κ1) is 12.8. The first-order valence-electron chi connectivity index (χ1n) is 4.06. The van der Waals surface area contributed by atoms with Crippen molar-refractivity contribution in [1.29, 1.82) is 0 Å². The second-order valence-electron chi connectivity index (χ2n) is 3.11. The average Bonchev–Trinajstić information content (AvgIpc) is 1.95. The van der Waals surface area contributed by atoms with E-state index in [0.717, 1.165) is 6.26 Å². The summed E-state index contributed by atoms with van der Waals surface area (Å²) in [4.78, 5) is 0. The van der Waals surface area contributed by atoms with Crippen molar-refractivity contribution in [3.8, 4) is 0 Å². The minimum Gasteiger partial charge on any atom is -0.394 e. The number of nitrogens with one attached hydrogen (secondary N) is 1. The highest BCUT2D eigenvalue weighted by molar-refractivity contribution is 7.88. The number of aliphatic hydroxyl groups excluding tert-OH is 1. The van der Waals surface area contributed by atoms with Gasteiger partial charge in [-0.15, -0.1) is 0 Å². The molecule has 0 saturated carbocycles. The van der Waals surface area contributed by atoms with Crippen LogP contribution in [0.1, 0.15) is 13.8 Å². The summed E-state index contributed by atoms with van der Waals surface area (Å²) in [7, 11) is -3.21. The Kier molecular flexibility index (Phi) is 5.46. The predicted molar refractivity (Wildman–Crippen MR) is 49.9 cm³/mol. The lowest BCUT2D eigenvalue weighted by Crippen LogP contribution is -2.36. The quantitative estimate of drug-likeness (QED) is 0.610. The molecule has 0 aliphatic carbocycles. The zero-order chi connectivity index (χ0) is 10.5. The fourth-order valence-electron chi connectivity index (χ4n) is 0.785. The van der Waals surface area contributed by atoms with E-state index in [2.05, 4.69) is 4.72 Å². The van der Waals surface area contributed by atoms with E-state index >= 15 is 0 Å². The van der Waals surface area contributed by atoms with Gasteiger partial charge in [-0.3, -0.25) is 0 Å². The molecule has 13 heavy (non-hydrogen) atoms. The van der Waals surface area contributed by atoms with Gasteiger partial charge in [0.25, 0.3) is 0 Å². The van der Waals surface area contributed by atoms with E-state index in [0.29, 0.717) is 0 Å². The molecule has 0 spiro atoms. The summed E-state index contributed by atoms with van der Waals surface area (Å²) in [6, 6.07) is 0. The van der Waals surface area contributed by atoms with Gasteiger partial charge >= 0.3 is 0 Å². The normalized spacial score (nSPS) is 14.8. The summed E-state index contributed by atoms with van der Waals surface area (Å²) in [5.41, 5.74) is 0. The molecule has 0 radical (unpaired) electrons. The molecule has 0 aliphatic rings. The van der Waals surface area contributed by atoms with E-state index in [9.17, 15) is 8.42 Å². The van der Waals surface area contributed by atoms with Gasteiger partial charge < -0.3 is 9.84 Å². The molecule has 0 saturated heterocycles. The van der Waals surface area contributed by atoms with Crippen LogP contribution in [0.5, 0.6) is 0 Å². The molecule has 0 fully saturated rings. The average molecular weight is 211 g/mol. The molecule has 0 aromatic carbocycles. The lowest BCUT2D eigenvalue weighted by molar-refractivity contribution is -0.0192. The highest BCUT2D eigenvalue weighted by Gasteiger charge is 2.11. The topological polar surface area (TPSA) is 75.6 Å². The Morgan fingerprint density at radius 3 is 2.31 bits per heavy atom. The minimum absolute atomic E-state index is 0.0292. The third-order valence-electron chi connectivity index (χ3n) is 1.24. The molecule has 0 unspecified atom stereocenters. The van der Waals surface area contributed by atoms with Crippen LogP contribution >= 0.6 is 0 Å². The third kappa shape index (κ3) is 8.17. The largest absolute Gasteiger partial charge is 0.394 e. The van der Waals surface area contributed by atoms with E-state index in [1.54, 1.807) is 0 Å². The van der Waals surface area contributed by atoms with Crippen molar-refractivity contribution in [2.45, 2.75) is 26.1 Å². The van der Waals surface area contributed by atoms with Gasteiger partial charge in [0.05, 0.1) is 25.1 Å². The summed E-state index contributed by atoms with van der Waals surface area (Å²) in [6.07, 6.45) is 0.560. The van der Waals surface area contributed by atoms with E-state index in [4.69, 9.17) is 9.84 Å². The Balaban J connectivity index is 3.86. The zero-order valence-corrected chi connectivity index (χ0v) is 8.97. The molecular weight excluding hydrogens is 194 g/mol. The number of hydrogen-bond acceptors (Lipinski definition) is 4. The Hall–Kier alpha value is -0.170. The smallest absolute Gasteiger partial charge is 0.208 e. The fraction of sp³-hybridized carbons (Fsp3) is 1.00. The summed E-state index contributed by atoms with van der Waals surface area (Å²) in [5, 5.41) is 8.81. The molecule has 0 amide bonds. The molecule has 0 aliphatic heterocycles. The molecule has 0 heterocycles. The van der Waals surface area contributed by atoms with Crippen molar-refractivity contribution in [2.75, 3.05) is 19.4 Å². The first-order valence-corrected chi connectivity index (χ1v) is 5.95. The van der Waals surface area contributed by atoms with Gasteiger partial charge in [0.1, 0.15) is 0 Å². The van der Waals surface area contributed by atoms with Crippen LogP contribution in [-0.4, -0.2) is 45.1 Å². The molecule has 6 heteroatoms. The Morgan fingerprint density at radius 2 is 2.00 bits per heavy atom. The number of aliphatic hydroxyl groups is 1. The van der Waals surface area contributed by atoms with Gasteiger partial charge in [-0.05, 0) is 13.8 Å². The molecule has 0 rings (SSSR count). The second-order valence-corrected chi connectivity index (χ2v) is 4.94. The van der Waals surface area contributed by atoms with Gasteiger partial charge in [0.15, 0.2) is 0 Å². The molecule has 0 aromatic heterocycles. The minimum atomic E-state index is -3.21. The maximum atomic E-state index is 10.7. The van der Waals surface area contributed by atoms with Crippen LogP contribution in [0.4, 0.5) is 0 Å². The van der Waals surface area contributed by atoms with Crippen LogP contribution in [0, 0.1) is 0 Å². The van der Waals surface area contributed by atoms with Crippen LogP contribution in [0.3, 0.4) is 0 Å². The van der Waals surface area contributed by atoms with Crippen LogP contribution in [0.15, 0.2) is 0 Å². The summed E-state index contributed by atoms with van der Waals surface area (Å²) in [5.74, 6) is 0. The van der Waals surface area contributed by atoms with E-state index in [1.807, 2.05) is 13.8 Å². The lowest BCUT2D eigenvalue weighted by atomic mass is 10.3. The fourth-order valence-corrected chi connectivity index (χ4v) is 1.27. The number of hydrogen-bond donors (Lipinski definition) is 2. The van der Waals surface area contributed by atoms with Gasteiger partial charge in [-0.2, -0.15) is 0 Å². The van der Waals surface area contributed by atoms with Gasteiger partial charge in [0.2, 0.25) is 10.0 Å². The van der Waals surface area contributed by atoms with Crippen LogP contribution in [-0.2, 0) is 14.8 Å². The zero-order valence-electron chi connectivity index (χ0n) is 8.15. The molecule has 80 valence electrons. The van der Waals surface area contributed by atoms with Crippen LogP contribution in [0.25, 0.3) is 0 Å². The Bertz CT molecular complexity index is 225. The maximum Gasteiger partial charge on any atom is 0.208 e. The first-order chi connectivity index (χ1) is 5.85. The highest BCUT2D eigenvalue weighted by atomic mass is 32.2. The van der Waals surface area contributed by atoms with Gasteiger partial charge in [-0.25, -0.2) is 13.1 Å². The van der Waals surface area contributed by atoms with Crippen LogP contribution < -0.4 is 4.72 Å². The van der Waals surface area contributed by atoms with Crippen molar-refractivity contribution in [3.63, 3.8) is 0 Å². The van der Waals surface area contributed by atoms with Crippen LogP contribution in [0.2, 0.25) is 0 Å². The number of sulfonamides is 1.